The maximum atomic E-state index is 13.0. The number of pyridine rings is 1. The van der Waals surface area contributed by atoms with Crippen molar-refractivity contribution in [2.24, 2.45) is 0 Å². The number of nitrogens with one attached hydrogen (secondary N) is 2. The highest BCUT2D eigenvalue weighted by Crippen LogP contribution is 2.20. The summed E-state index contributed by atoms with van der Waals surface area (Å²) >= 11 is 4.94. The van der Waals surface area contributed by atoms with Gasteiger partial charge in [-0.1, -0.05) is 18.3 Å². The molecule has 2 aromatic heterocycles. The summed E-state index contributed by atoms with van der Waals surface area (Å²) in [6.45, 7) is 0. The van der Waals surface area contributed by atoms with Crippen molar-refractivity contribution in [2.75, 3.05) is 7.11 Å². The first-order chi connectivity index (χ1) is 8.13. The first-order valence-electron chi connectivity index (χ1n) is 4.65. The molecule has 0 fully saturated rings. The van der Waals surface area contributed by atoms with Crippen molar-refractivity contribution in [2.45, 2.75) is 0 Å². The van der Waals surface area contributed by atoms with Crippen LogP contribution in [0.2, 0.25) is 0 Å². The van der Waals surface area contributed by atoms with Gasteiger partial charge in [-0.15, -0.1) is 0 Å². The fraction of sp³-hybridized carbons (Fsp3) is 0.100. The third-order valence-electron chi connectivity index (χ3n) is 2.14. The number of esters is 1. The Morgan fingerprint density at radius 3 is 2.88 bits per heavy atom. The number of carbonyl (C=O) groups excluding carboxylic acids is 1. The summed E-state index contributed by atoms with van der Waals surface area (Å²) in [5.41, 5.74) is 0.722. The van der Waals surface area contributed by atoms with Crippen LogP contribution in [0.15, 0.2) is 18.2 Å². The van der Waals surface area contributed by atoms with Gasteiger partial charge >= 0.3 is 5.97 Å². The van der Waals surface area contributed by atoms with Gasteiger partial charge in [0.05, 0.1) is 18.5 Å². The summed E-state index contributed by atoms with van der Waals surface area (Å²) in [6.07, 6.45) is 0. The van der Waals surface area contributed by atoms with E-state index in [-0.39, 0.29) is 15.9 Å². The smallest absolute Gasteiger partial charge is 0.343 e. The summed E-state index contributed by atoms with van der Waals surface area (Å²) < 4.78 is 17.8. The molecule has 0 unspecified atom stereocenters. The Morgan fingerprint density at radius 2 is 2.24 bits per heavy atom. The molecule has 2 heterocycles. The zero-order valence-corrected chi connectivity index (χ0v) is 9.60. The number of rotatable bonds is 2. The van der Waals surface area contributed by atoms with Crippen LogP contribution in [0.3, 0.4) is 0 Å². The van der Waals surface area contributed by atoms with E-state index in [1.54, 1.807) is 6.07 Å². The number of hydrogen-bond acceptors (Lipinski definition) is 4. The highest BCUT2D eigenvalue weighted by molar-refractivity contribution is 7.71. The molecule has 0 spiro atoms. The van der Waals surface area contributed by atoms with Gasteiger partial charge in [-0.2, -0.15) is 4.39 Å². The van der Waals surface area contributed by atoms with Gasteiger partial charge in [-0.25, -0.2) is 9.78 Å². The number of halogens is 1. The number of nitrogens with zero attached hydrogens (tertiary/aromatic N) is 1. The normalized spacial score (nSPS) is 10.2. The second kappa shape index (κ2) is 4.46. The molecule has 88 valence electrons. The average molecular weight is 253 g/mol. The minimum absolute atomic E-state index is 0.139. The zero-order valence-electron chi connectivity index (χ0n) is 8.78. The molecule has 0 bridgehead atoms. The van der Waals surface area contributed by atoms with Gasteiger partial charge in [-0.05, 0) is 12.1 Å². The Kier molecular flexibility index (Phi) is 3.01. The Balaban J connectivity index is 2.61. The quantitative estimate of drug-likeness (QED) is 0.488. The lowest BCUT2D eigenvalue weighted by molar-refractivity contribution is 0.0601. The fourth-order valence-corrected chi connectivity index (χ4v) is 1.63. The molecular weight excluding hydrogens is 245 g/mol. The van der Waals surface area contributed by atoms with E-state index in [9.17, 15) is 9.18 Å². The van der Waals surface area contributed by atoms with E-state index in [1.165, 1.54) is 19.2 Å². The van der Waals surface area contributed by atoms with E-state index in [0.717, 1.165) is 0 Å². The van der Waals surface area contributed by atoms with Crippen LogP contribution in [0, 0.1) is 10.6 Å². The molecule has 0 aliphatic carbocycles. The van der Waals surface area contributed by atoms with Gasteiger partial charge in [0, 0.05) is 0 Å². The van der Waals surface area contributed by atoms with Crippen molar-refractivity contribution in [3.05, 3.63) is 34.4 Å². The molecule has 0 amide bonds. The van der Waals surface area contributed by atoms with Crippen LogP contribution in [0.25, 0.3) is 11.4 Å². The second-order valence-corrected chi connectivity index (χ2v) is 3.57. The third-order valence-corrected chi connectivity index (χ3v) is 2.45. The van der Waals surface area contributed by atoms with Crippen molar-refractivity contribution in [3.8, 4) is 11.4 Å². The minimum atomic E-state index is -0.640. The predicted molar refractivity (Wildman–Crippen MR) is 60.5 cm³/mol. The summed E-state index contributed by atoms with van der Waals surface area (Å²) in [6, 6.07) is 4.26. The minimum Gasteiger partial charge on any atom is -0.465 e. The van der Waals surface area contributed by atoms with Gasteiger partial charge in [0.15, 0.2) is 0 Å². The van der Waals surface area contributed by atoms with E-state index >= 15 is 0 Å². The molecule has 0 saturated carbocycles. The SMILES string of the molecule is COC(=O)c1c(-c2cccc(F)n2)[nH][nH]c1=S. The Morgan fingerprint density at radius 1 is 1.47 bits per heavy atom. The van der Waals surface area contributed by atoms with Crippen LogP contribution in [0.1, 0.15) is 10.4 Å². The number of H-pyrrole nitrogens is 2. The Bertz CT molecular complexity index is 620. The highest BCUT2D eigenvalue weighted by atomic mass is 32.1. The maximum Gasteiger partial charge on any atom is 0.343 e. The van der Waals surface area contributed by atoms with Gasteiger partial charge in [0.1, 0.15) is 10.2 Å². The first kappa shape index (κ1) is 11.5. The summed E-state index contributed by atoms with van der Waals surface area (Å²) in [4.78, 5) is 15.2. The third kappa shape index (κ3) is 2.09. The molecule has 2 rings (SSSR count). The lowest BCUT2D eigenvalue weighted by Crippen LogP contribution is -2.03. The van der Waals surface area contributed by atoms with E-state index < -0.39 is 11.9 Å². The van der Waals surface area contributed by atoms with Gasteiger partial charge in [-0.3, -0.25) is 10.2 Å². The number of hydrogen-bond donors (Lipinski definition) is 2. The van der Waals surface area contributed by atoms with E-state index in [2.05, 4.69) is 19.9 Å². The number of aromatic nitrogens is 3. The average Bonchev–Trinajstić information content (AvgIpc) is 2.70. The predicted octanol–water partition coefficient (Wildman–Crippen LogP) is 2.06. The Labute approximate surface area is 101 Å². The maximum absolute atomic E-state index is 13.0. The molecule has 0 aliphatic heterocycles. The highest BCUT2D eigenvalue weighted by Gasteiger charge is 2.18. The van der Waals surface area contributed by atoms with Crippen LogP contribution in [0.5, 0.6) is 0 Å². The van der Waals surface area contributed by atoms with Crippen LogP contribution in [0.4, 0.5) is 4.39 Å². The number of ether oxygens (including phenoxy) is 1. The topological polar surface area (TPSA) is 70.8 Å². The van der Waals surface area contributed by atoms with Crippen LogP contribution < -0.4 is 0 Å². The molecule has 0 saturated heterocycles. The molecule has 0 aromatic carbocycles. The van der Waals surface area contributed by atoms with E-state index in [4.69, 9.17) is 12.2 Å². The molecule has 0 atom stereocenters. The number of methoxy groups -OCH3 is 1. The van der Waals surface area contributed by atoms with Crippen molar-refractivity contribution < 1.29 is 13.9 Å². The van der Waals surface area contributed by atoms with Gasteiger partial charge in [0.2, 0.25) is 5.95 Å². The van der Waals surface area contributed by atoms with Crippen LogP contribution in [-0.2, 0) is 4.74 Å². The van der Waals surface area contributed by atoms with Crippen LogP contribution in [-0.4, -0.2) is 28.3 Å². The molecule has 0 aliphatic rings. The lowest BCUT2D eigenvalue weighted by atomic mass is 10.2. The largest absolute Gasteiger partial charge is 0.465 e. The monoisotopic (exact) mass is 253 g/mol. The zero-order chi connectivity index (χ0) is 12.4. The van der Waals surface area contributed by atoms with Crippen molar-refractivity contribution in [1.29, 1.82) is 0 Å². The van der Waals surface area contributed by atoms with Gasteiger partial charge < -0.3 is 4.74 Å². The molecule has 17 heavy (non-hydrogen) atoms. The van der Waals surface area contributed by atoms with Gasteiger partial charge in [0.25, 0.3) is 0 Å². The van der Waals surface area contributed by atoms with Crippen molar-refractivity contribution >= 4 is 18.2 Å². The van der Waals surface area contributed by atoms with E-state index in [1.807, 2.05) is 0 Å². The Hall–Kier alpha value is -2.02. The molecule has 0 radical (unpaired) electrons. The molecule has 5 nitrogen and oxygen atoms in total. The fourth-order valence-electron chi connectivity index (χ4n) is 1.39. The first-order valence-corrected chi connectivity index (χ1v) is 5.06. The van der Waals surface area contributed by atoms with Crippen molar-refractivity contribution in [3.63, 3.8) is 0 Å². The number of aromatic amines is 2. The lowest BCUT2D eigenvalue weighted by Gasteiger charge is -2.00. The summed E-state index contributed by atoms with van der Waals surface area (Å²) in [5, 5.41) is 5.27. The molecular formula is C10H8FN3O2S. The summed E-state index contributed by atoms with van der Waals surface area (Å²) in [7, 11) is 1.24. The van der Waals surface area contributed by atoms with E-state index in [0.29, 0.717) is 5.69 Å². The second-order valence-electron chi connectivity index (χ2n) is 3.17. The molecule has 7 heteroatoms. The molecule has 2 aromatic rings. The van der Waals surface area contributed by atoms with Crippen molar-refractivity contribution in [1.82, 2.24) is 15.2 Å². The summed E-state index contributed by atoms with van der Waals surface area (Å²) in [5.74, 6) is -1.24. The van der Waals surface area contributed by atoms with Crippen LogP contribution >= 0.6 is 12.2 Å². The standard InChI is InChI=1S/C10H8FN3O2S/c1-16-10(15)7-8(13-14-9(7)17)5-3-2-4-6(11)12-5/h2-4H,1H3,(H2,13,14,17). The molecule has 2 N–H and O–H groups in total. The number of carbonyl (C=O) groups is 1.